The molecule has 0 saturated carbocycles. The molecule has 174 valence electrons. The number of benzene rings is 2. The molecule has 0 radical (unpaired) electrons. The minimum Gasteiger partial charge on any atom is -0.490 e. The Kier molecular flexibility index (Phi) is 8.49. The Labute approximate surface area is 198 Å². The molecular formula is C25H28ClN3O4. The zero-order chi connectivity index (χ0) is 23.8. The molecule has 0 atom stereocenters. The SMILES string of the molecule is CCCN(Cc1nc2cc(Cl)ccc2c(=O)[nH]1)C(=O)/C=C/c1ccc(OCC)c(OCC)c1. The molecule has 0 saturated heterocycles. The lowest BCUT2D eigenvalue weighted by Gasteiger charge is -2.20. The van der Waals surface area contributed by atoms with Gasteiger partial charge >= 0.3 is 0 Å². The molecule has 0 aliphatic carbocycles. The van der Waals surface area contributed by atoms with Crippen molar-refractivity contribution in [1.29, 1.82) is 0 Å². The molecule has 0 aliphatic rings. The number of hydrogen-bond donors (Lipinski definition) is 1. The molecule has 0 spiro atoms. The third-order valence-electron chi connectivity index (χ3n) is 4.85. The Morgan fingerprint density at radius 2 is 1.85 bits per heavy atom. The number of aromatic nitrogens is 2. The number of carbonyl (C=O) groups is 1. The second-order valence-electron chi connectivity index (χ2n) is 7.34. The number of hydrogen-bond acceptors (Lipinski definition) is 5. The second-order valence-corrected chi connectivity index (χ2v) is 7.78. The molecule has 1 heterocycles. The van der Waals surface area contributed by atoms with Gasteiger partial charge in [0.25, 0.3) is 5.56 Å². The van der Waals surface area contributed by atoms with Crippen molar-refractivity contribution >= 4 is 34.5 Å². The Morgan fingerprint density at radius 3 is 2.58 bits per heavy atom. The minimum atomic E-state index is -0.260. The number of H-pyrrole nitrogens is 1. The zero-order valence-corrected chi connectivity index (χ0v) is 19.8. The van der Waals surface area contributed by atoms with Gasteiger partial charge in [-0.2, -0.15) is 0 Å². The average Bonchev–Trinajstić information content (AvgIpc) is 2.78. The van der Waals surface area contributed by atoms with E-state index in [0.717, 1.165) is 12.0 Å². The lowest BCUT2D eigenvalue weighted by molar-refractivity contribution is -0.126. The van der Waals surface area contributed by atoms with Crippen molar-refractivity contribution in [2.45, 2.75) is 33.7 Å². The maximum absolute atomic E-state index is 12.9. The largest absolute Gasteiger partial charge is 0.490 e. The van der Waals surface area contributed by atoms with Gasteiger partial charge in [0, 0.05) is 17.6 Å². The molecule has 8 heteroatoms. The van der Waals surface area contributed by atoms with E-state index in [1.165, 1.54) is 6.08 Å². The number of halogens is 1. The predicted octanol–water partition coefficient (Wildman–Crippen LogP) is 4.83. The lowest BCUT2D eigenvalue weighted by Crippen LogP contribution is -2.31. The number of amides is 1. The molecular weight excluding hydrogens is 442 g/mol. The third-order valence-corrected chi connectivity index (χ3v) is 5.08. The average molecular weight is 470 g/mol. The first-order chi connectivity index (χ1) is 15.9. The zero-order valence-electron chi connectivity index (χ0n) is 19.1. The first-order valence-corrected chi connectivity index (χ1v) is 11.4. The van der Waals surface area contributed by atoms with Gasteiger partial charge in [0.1, 0.15) is 5.82 Å². The molecule has 1 aromatic heterocycles. The van der Waals surface area contributed by atoms with E-state index in [1.54, 1.807) is 29.2 Å². The van der Waals surface area contributed by atoms with Gasteiger partial charge in [-0.05, 0) is 62.2 Å². The molecule has 3 aromatic rings. The van der Waals surface area contributed by atoms with Gasteiger partial charge < -0.3 is 19.4 Å². The lowest BCUT2D eigenvalue weighted by atomic mass is 10.2. The molecule has 1 N–H and O–H groups in total. The summed E-state index contributed by atoms with van der Waals surface area (Å²) in [5, 5.41) is 0.953. The highest BCUT2D eigenvalue weighted by Gasteiger charge is 2.14. The van der Waals surface area contributed by atoms with Crippen molar-refractivity contribution < 1.29 is 14.3 Å². The van der Waals surface area contributed by atoms with Crippen molar-refractivity contribution in [2.24, 2.45) is 0 Å². The Balaban J connectivity index is 1.80. The van der Waals surface area contributed by atoms with E-state index in [9.17, 15) is 9.59 Å². The van der Waals surface area contributed by atoms with Crippen molar-refractivity contribution in [2.75, 3.05) is 19.8 Å². The van der Waals surface area contributed by atoms with Crippen LogP contribution in [0.1, 0.15) is 38.6 Å². The Morgan fingerprint density at radius 1 is 1.09 bits per heavy atom. The van der Waals surface area contributed by atoms with Gasteiger partial charge in [-0.1, -0.05) is 24.6 Å². The number of ether oxygens (including phenoxy) is 2. The quantitative estimate of drug-likeness (QED) is 0.430. The van der Waals surface area contributed by atoms with E-state index in [0.29, 0.717) is 53.0 Å². The number of fused-ring (bicyclic) bond motifs is 1. The van der Waals surface area contributed by atoms with E-state index in [-0.39, 0.29) is 18.0 Å². The van der Waals surface area contributed by atoms with Crippen LogP contribution in [-0.4, -0.2) is 40.5 Å². The molecule has 33 heavy (non-hydrogen) atoms. The maximum atomic E-state index is 12.9. The monoisotopic (exact) mass is 469 g/mol. The fourth-order valence-electron chi connectivity index (χ4n) is 3.40. The summed E-state index contributed by atoms with van der Waals surface area (Å²) >= 11 is 6.04. The van der Waals surface area contributed by atoms with Gasteiger partial charge in [-0.25, -0.2) is 4.98 Å². The van der Waals surface area contributed by atoms with Crippen LogP contribution in [0, 0.1) is 0 Å². The van der Waals surface area contributed by atoms with Crippen molar-refractivity contribution in [3.8, 4) is 11.5 Å². The predicted molar refractivity (Wildman–Crippen MR) is 131 cm³/mol. The highest BCUT2D eigenvalue weighted by Crippen LogP contribution is 2.29. The summed E-state index contributed by atoms with van der Waals surface area (Å²) in [6.45, 7) is 7.56. The summed E-state index contributed by atoms with van der Waals surface area (Å²) in [5.41, 5.74) is 1.06. The summed E-state index contributed by atoms with van der Waals surface area (Å²) < 4.78 is 11.2. The summed E-state index contributed by atoms with van der Waals surface area (Å²) in [6, 6.07) is 10.5. The normalized spacial score (nSPS) is 11.2. The van der Waals surface area contributed by atoms with Crippen LogP contribution >= 0.6 is 11.6 Å². The first-order valence-electron chi connectivity index (χ1n) is 11.0. The Bertz CT molecular complexity index is 1210. The molecule has 3 rings (SSSR count). The fourth-order valence-corrected chi connectivity index (χ4v) is 3.56. The van der Waals surface area contributed by atoms with Crippen LogP contribution in [0.15, 0.2) is 47.3 Å². The van der Waals surface area contributed by atoms with E-state index in [1.807, 2.05) is 39.0 Å². The van der Waals surface area contributed by atoms with Gasteiger partial charge in [0.2, 0.25) is 5.91 Å². The molecule has 1 amide bonds. The summed E-state index contributed by atoms with van der Waals surface area (Å²) in [6.07, 6.45) is 4.01. The topological polar surface area (TPSA) is 84.5 Å². The molecule has 0 fully saturated rings. The fraction of sp³-hybridized carbons (Fsp3) is 0.320. The van der Waals surface area contributed by atoms with Crippen LogP contribution in [0.25, 0.3) is 17.0 Å². The van der Waals surface area contributed by atoms with E-state index < -0.39 is 0 Å². The number of rotatable bonds is 10. The molecule has 2 aromatic carbocycles. The molecule has 0 bridgehead atoms. The van der Waals surface area contributed by atoms with Crippen LogP contribution < -0.4 is 15.0 Å². The third kappa shape index (κ3) is 6.35. The standard InChI is InChI=1S/C25H28ClN3O4/c1-4-13-29(16-23-27-20-15-18(26)9-10-19(20)25(31)28-23)24(30)12-8-17-7-11-21(32-5-2)22(14-17)33-6-3/h7-12,14-15H,4-6,13,16H2,1-3H3,(H,27,28,31)/b12-8+. The minimum absolute atomic E-state index is 0.183. The van der Waals surface area contributed by atoms with E-state index >= 15 is 0 Å². The van der Waals surface area contributed by atoms with Crippen LogP contribution in [0.3, 0.4) is 0 Å². The van der Waals surface area contributed by atoms with Crippen molar-refractivity contribution in [3.05, 3.63) is 69.2 Å². The van der Waals surface area contributed by atoms with Crippen LogP contribution in [0.2, 0.25) is 5.02 Å². The van der Waals surface area contributed by atoms with E-state index in [4.69, 9.17) is 21.1 Å². The first kappa shape index (κ1) is 24.3. The van der Waals surface area contributed by atoms with E-state index in [2.05, 4.69) is 9.97 Å². The molecule has 0 unspecified atom stereocenters. The number of carbonyl (C=O) groups excluding carboxylic acids is 1. The van der Waals surface area contributed by atoms with Gasteiger partial charge in [-0.15, -0.1) is 0 Å². The number of nitrogens with zero attached hydrogens (tertiary/aromatic N) is 2. The maximum Gasteiger partial charge on any atom is 0.258 e. The molecule has 7 nitrogen and oxygen atoms in total. The van der Waals surface area contributed by atoms with Gasteiger partial charge in [-0.3, -0.25) is 9.59 Å². The highest BCUT2D eigenvalue weighted by molar-refractivity contribution is 6.31. The smallest absolute Gasteiger partial charge is 0.258 e. The van der Waals surface area contributed by atoms with Gasteiger partial charge in [0.15, 0.2) is 11.5 Å². The highest BCUT2D eigenvalue weighted by atomic mass is 35.5. The van der Waals surface area contributed by atoms with Gasteiger partial charge in [0.05, 0.1) is 30.7 Å². The Hall–Kier alpha value is -3.32. The summed E-state index contributed by atoms with van der Waals surface area (Å²) in [7, 11) is 0. The number of aromatic amines is 1. The summed E-state index contributed by atoms with van der Waals surface area (Å²) in [4.78, 5) is 34.2. The second kappa shape index (κ2) is 11.5. The summed E-state index contributed by atoms with van der Waals surface area (Å²) in [5.74, 6) is 1.53. The van der Waals surface area contributed by atoms with Crippen LogP contribution in [-0.2, 0) is 11.3 Å². The van der Waals surface area contributed by atoms with Crippen molar-refractivity contribution in [3.63, 3.8) is 0 Å². The van der Waals surface area contributed by atoms with Crippen LogP contribution in [0.4, 0.5) is 0 Å². The van der Waals surface area contributed by atoms with Crippen molar-refractivity contribution in [1.82, 2.24) is 14.9 Å². The van der Waals surface area contributed by atoms with Crippen LogP contribution in [0.5, 0.6) is 11.5 Å². The molecule has 0 aliphatic heterocycles. The number of nitrogens with one attached hydrogen (secondary N) is 1.